The van der Waals surface area contributed by atoms with E-state index in [9.17, 15) is 8.42 Å². The molecule has 0 amide bonds. The molecule has 0 fully saturated rings. The Bertz CT molecular complexity index is 252. The smallest absolute Gasteiger partial charge is 0.148 e. The van der Waals surface area contributed by atoms with Crippen LogP contribution in [0.2, 0.25) is 0 Å². The summed E-state index contributed by atoms with van der Waals surface area (Å²) in [7, 11) is -2.81. The van der Waals surface area contributed by atoms with Gasteiger partial charge in [-0.05, 0) is 13.0 Å². The molecule has 5 heteroatoms. The van der Waals surface area contributed by atoms with Crippen molar-refractivity contribution in [2.45, 2.75) is 38.5 Å². The molecule has 2 atom stereocenters. The predicted octanol–water partition coefficient (Wildman–Crippen LogP) is 1.54. The highest BCUT2D eigenvalue weighted by atomic mass is 32.2. The minimum absolute atomic E-state index is 0.282. The molecule has 0 aliphatic carbocycles. The zero-order valence-electron chi connectivity index (χ0n) is 10.1. The maximum atomic E-state index is 10.9. The van der Waals surface area contributed by atoms with E-state index in [-0.39, 0.29) is 5.75 Å². The van der Waals surface area contributed by atoms with Crippen LogP contribution >= 0.6 is 11.8 Å². The second-order valence-corrected chi connectivity index (χ2v) is 7.52. The third-order valence-corrected chi connectivity index (χ3v) is 4.81. The van der Waals surface area contributed by atoms with Crippen molar-refractivity contribution in [2.75, 3.05) is 24.3 Å². The molecule has 0 aromatic carbocycles. The standard InChI is InChI=1S/C10H23NO2S2/c1-5-10(11-6-2)9(3)14-7-8-15(4,12)13/h9-11H,5-8H2,1-4H3. The van der Waals surface area contributed by atoms with Crippen molar-refractivity contribution in [3.05, 3.63) is 0 Å². The topological polar surface area (TPSA) is 46.2 Å². The first-order valence-electron chi connectivity index (χ1n) is 5.43. The van der Waals surface area contributed by atoms with Crippen LogP contribution in [0, 0.1) is 0 Å². The molecule has 0 aromatic heterocycles. The van der Waals surface area contributed by atoms with Gasteiger partial charge < -0.3 is 5.32 Å². The van der Waals surface area contributed by atoms with Crippen molar-refractivity contribution in [1.29, 1.82) is 0 Å². The van der Waals surface area contributed by atoms with Crippen molar-refractivity contribution in [3.8, 4) is 0 Å². The summed E-state index contributed by atoms with van der Waals surface area (Å²) in [5, 5.41) is 3.88. The Kier molecular flexibility index (Phi) is 7.65. The minimum atomic E-state index is -2.81. The summed E-state index contributed by atoms with van der Waals surface area (Å²) in [5.74, 6) is 0.979. The van der Waals surface area contributed by atoms with Crippen LogP contribution in [-0.2, 0) is 9.84 Å². The zero-order chi connectivity index (χ0) is 11.9. The second kappa shape index (κ2) is 7.52. The number of nitrogens with one attached hydrogen (secondary N) is 1. The Morgan fingerprint density at radius 3 is 2.33 bits per heavy atom. The molecule has 0 aliphatic heterocycles. The second-order valence-electron chi connectivity index (χ2n) is 3.78. The first-order valence-corrected chi connectivity index (χ1v) is 8.54. The molecule has 0 rings (SSSR count). The van der Waals surface area contributed by atoms with Crippen LogP contribution in [0.3, 0.4) is 0 Å². The van der Waals surface area contributed by atoms with Crippen molar-refractivity contribution < 1.29 is 8.42 Å². The highest BCUT2D eigenvalue weighted by Crippen LogP contribution is 2.16. The molecular weight excluding hydrogens is 230 g/mol. The van der Waals surface area contributed by atoms with Crippen molar-refractivity contribution in [3.63, 3.8) is 0 Å². The normalized spacial score (nSPS) is 16.3. The van der Waals surface area contributed by atoms with E-state index >= 15 is 0 Å². The monoisotopic (exact) mass is 253 g/mol. The number of hydrogen-bond acceptors (Lipinski definition) is 4. The summed E-state index contributed by atoms with van der Waals surface area (Å²) < 4.78 is 21.9. The van der Waals surface area contributed by atoms with Gasteiger partial charge in [-0.15, -0.1) is 0 Å². The van der Waals surface area contributed by atoms with Gasteiger partial charge in [0, 0.05) is 23.3 Å². The lowest BCUT2D eigenvalue weighted by Gasteiger charge is -2.22. The Labute approximate surface area is 98.3 Å². The van der Waals surface area contributed by atoms with Crippen LogP contribution < -0.4 is 5.32 Å². The summed E-state index contributed by atoms with van der Waals surface area (Å²) in [6.07, 6.45) is 2.38. The number of thioether (sulfide) groups is 1. The van der Waals surface area contributed by atoms with Gasteiger partial charge in [0.15, 0.2) is 0 Å². The Morgan fingerprint density at radius 2 is 1.93 bits per heavy atom. The van der Waals surface area contributed by atoms with E-state index in [1.54, 1.807) is 11.8 Å². The molecule has 0 heterocycles. The molecule has 1 N–H and O–H groups in total. The lowest BCUT2D eigenvalue weighted by molar-refractivity contribution is 0.509. The van der Waals surface area contributed by atoms with Gasteiger partial charge in [0.05, 0.1) is 5.75 Å². The van der Waals surface area contributed by atoms with Crippen LogP contribution in [0.25, 0.3) is 0 Å². The van der Waals surface area contributed by atoms with Gasteiger partial charge in [-0.3, -0.25) is 0 Å². The molecule has 0 aromatic rings. The zero-order valence-corrected chi connectivity index (χ0v) is 11.7. The molecule has 15 heavy (non-hydrogen) atoms. The van der Waals surface area contributed by atoms with E-state index in [2.05, 4.69) is 26.1 Å². The Hall–Kier alpha value is 0.260. The quantitative estimate of drug-likeness (QED) is 0.713. The summed E-state index contributed by atoms with van der Waals surface area (Å²) in [5.41, 5.74) is 0. The molecule has 2 unspecified atom stereocenters. The van der Waals surface area contributed by atoms with E-state index in [1.807, 2.05) is 0 Å². The van der Waals surface area contributed by atoms with E-state index in [0.29, 0.717) is 17.0 Å². The molecule has 3 nitrogen and oxygen atoms in total. The van der Waals surface area contributed by atoms with Gasteiger partial charge in [-0.1, -0.05) is 20.8 Å². The molecule has 0 spiro atoms. The summed E-state index contributed by atoms with van der Waals surface area (Å²) in [6, 6.07) is 0.486. The van der Waals surface area contributed by atoms with Crippen LogP contribution in [0.4, 0.5) is 0 Å². The third-order valence-electron chi connectivity index (χ3n) is 2.31. The highest BCUT2D eigenvalue weighted by molar-refractivity contribution is 8.01. The van der Waals surface area contributed by atoms with Gasteiger partial charge in [0.25, 0.3) is 0 Å². The fourth-order valence-corrected chi connectivity index (χ4v) is 3.89. The molecule has 0 aliphatic rings. The van der Waals surface area contributed by atoms with E-state index < -0.39 is 9.84 Å². The van der Waals surface area contributed by atoms with Crippen molar-refractivity contribution in [2.24, 2.45) is 0 Å². The van der Waals surface area contributed by atoms with Gasteiger partial charge in [0.2, 0.25) is 0 Å². The molecule has 0 radical (unpaired) electrons. The fourth-order valence-electron chi connectivity index (χ4n) is 1.41. The van der Waals surface area contributed by atoms with Gasteiger partial charge in [-0.2, -0.15) is 11.8 Å². The average molecular weight is 253 g/mol. The maximum Gasteiger partial charge on any atom is 0.148 e. The van der Waals surface area contributed by atoms with Crippen LogP contribution in [0.1, 0.15) is 27.2 Å². The van der Waals surface area contributed by atoms with Gasteiger partial charge in [0.1, 0.15) is 9.84 Å². The first kappa shape index (κ1) is 15.3. The largest absolute Gasteiger partial charge is 0.313 e. The Morgan fingerprint density at radius 1 is 1.33 bits per heavy atom. The molecule has 0 bridgehead atoms. The van der Waals surface area contributed by atoms with Crippen LogP contribution in [-0.4, -0.2) is 44.0 Å². The first-order chi connectivity index (χ1) is 6.90. The summed E-state index contributed by atoms with van der Waals surface area (Å²) in [4.78, 5) is 0. The van der Waals surface area contributed by atoms with Crippen LogP contribution in [0.15, 0.2) is 0 Å². The predicted molar refractivity (Wildman–Crippen MR) is 69.4 cm³/mol. The summed E-state index contributed by atoms with van der Waals surface area (Å²) in [6.45, 7) is 7.37. The molecule has 0 saturated heterocycles. The SMILES string of the molecule is CCNC(CC)C(C)SCCS(C)(=O)=O. The number of sulfone groups is 1. The summed E-state index contributed by atoms with van der Waals surface area (Å²) >= 11 is 1.73. The molecule has 0 saturated carbocycles. The van der Waals surface area contributed by atoms with E-state index in [1.165, 1.54) is 6.26 Å². The molecule has 92 valence electrons. The molecular formula is C10H23NO2S2. The van der Waals surface area contributed by atoms with E-state index in [0.717, 1.165) is 13.0 Å². The van der Waals surface area contributed by atoms with Gasteiger partial charge in [-0.25, -0.2) is 8.42 Å². The number of hydrogen-bond donors (Lipinski definition) is 1. The van der Waals surface area contributed by atoms with Crippen molar-refractivity contribution in [1.82, 2.24) is 5.32 Å². The highest BCUT2D eigenvalue weighted by Gasteiger charge is 2.15. The van der Waals surface area contributed by atoms with Crippen molar-refractivity contribution >= 4 is 21.6 Å². The number of rotatable bonds is 8. The maximum absolute atomic E-state index is 10.9. The lowest BCUT2D eigenvalue weighted by Crippen LogP contribution is -2.36. The van der Waals surface area contributed by atoms with E-state index in [4.69, 9.17) is 0 Å². The average Bonchev–Trinajstić information content (AvgIpc) is 2.11. The fraction of sp³-hybridized carbons (Fsp3) is 1.00. The lowest BCUT2D eigenvalue weighted by atomic mass is 10.2. The van der Waals surface area contributed by atoms with Gasteiger partial charge >= 0.3 is 0 Å². The minimum Gasteiger partial charge on any atom is -0.313 e. The Balaban J connectivity index is 3.85. The third kappa shape index (κ3) is 8.11. The van der Waals surface area contributed by atoms with Crippen LogP contribution in [0.5, 0.6) is 0 Å².